The Bertz CT molecular complexity index is 544. The molecule has 0 aliphatic heterocycles. The van der Waals surface area contributed by atoms with Crippen molar-refractivity contribution < 1.29 is 8.78 Å². The van der Waals surface area contributed by atoms with Crippen molar-refractivity contribution in [1.29, 1.82) is 0 Å². The van der Waals surface area contributed by atoms with Crippen LogP contribution in [0.1, 0.15) is 0 Å². The molecule has 0 bridgehead atoms. The summed E-state index contributed by atoms with van der Waals surface area (Å²) in [4.78, 5) is 0. The number of anilines is 2. The second-order valence-corrected chi connectivity index (χ2v) is 5.15. The molecule has 0 aromatic heterocycles. The highest BCUT2D eigenvalue weighted by molar-refractivity contribution is 9.10. The molecular weight excluding hydrogens is 361 g/mol. The van der Waals surface area contributed by atoms with Gasteiger partial charge in [0.15, 0.2) is 0 Å². The van der Waals surface area contributed by atoms with Gasteiger partial charge in [0, 0.05) is 9.50 Å². The van der Waals surface area contributed by atoms with Gasteiger partial charge in [-0.15, -0.1) is 0 Å². The van der Waals surface area contributed by atoms with Crippen molar-refractivity contribution in [3.63, 3.8) is 0 Å². The van der Waals surface area contributed by atoms with Crippen LogP contribution in [0.4, 0.5) is 20.2 Å². The molecule has 0 radical (unpaired) electrons. The minimum Gasteiger partial charge on any atom is -0.396 e. The quantitative estimate of drug-likeness (QED) is 0.513. The lowest BCUT2D eigenvalue weighted by atomic mass is 10.3. The van der Waals surface area contributed by atoms with Gasteiger partial charge in [0.1, 0.15) is 11.6 Å². The first-order chi connectivity index (χ1) is 8.81. The predicted octanol–water partition coefficient (Wildman–Crippen LogP) is 4.89. The summed E-state index contributed by atoms with van der Waals surface area (Å²) in [7, 11) is 0. The van der Waals surface area contributed by atoms with Gasteiger partial charge in [-0.3, -0.25) is 0 Å². The molecule has 0 amide bonds. The maximum Gasteiger partial charge on any atom is 0.147 e. The van der Waals surface area contributed by atoms with E-state index in [0.29, 0.717) is 14.5 Å². The van der Waals surface area contributed by atoms with Crippen LogP contribution in [0.25, 0.3) is 0 Å². The van der Waals surface area contributed by atoms with E-state index in [9.17, 15) is 8.78 Å². The van der Waals surface area contributed by atoms with Crippen molar-refractivity contribution in [1.82, 2.24) is 0 Å². The van der Waals surface area contributed by atoms with Crippen molar-refractivity contribution in [2.24, 2.45) is 0 Å². The van der Waals surface area contributed by atoms with Gasteiger partial charge in [0.25, 0.3) is 0 Å². The molecule has 0 unspecified atom stereocenters. The van der Waals surface area contributed by atoms with E-state index in [2.05, 4.69) is 15.9 Å². The van der Waals surface area contributed by atoms with Crippen LogP contribution in [0.15, 0.2) is 34.8 Å². The average Bonchev–Trinajstić information content (AvgIpc) is 2.33. The van der Waals surface area contributed by atoms with Crippen molar-refractivity contribution in [2.45, 2.75) is 0 Å². The molecule has 2 rings (SSSR count). The summed E-state index contributed by atoms with van der Waals surface area (Å²) in [6.45, 7) is 0. The molecule has 19 heavy (non-hydrogen) atoms. The number of hydrogen-bond donors (Lipinski definition) is 2. The molecule has 0 saturated carbocycles. The number of benzene rings is 2. The molecule has 0 aliphatic carbocycles. The van der Waals surface area contributed by atoms with E-state index < -0.39 is 11.6 Å². The van der Waals surface area contributed by atoms with E-state index in [1.807, 2.05) is 0 Å². The predicted molar refractivity (Wildman–Crippen MR) is 79.3 cm³/mol. The molecule has 2 aromatic rings. The number of rotatable bonds is 0. The number of halogens is 5. The first kappa shape index (κ1) is 16.0. The lowest BCUT2D eigenvalue weighted by Gasteiger charge is -1.98. The first-order valence-electron chi connectivity index (χ1n) is 4.91. The van der Waals surface area contributed by atoms with Gasteiger partial charge in [-0.05, 0) is 46.3 Å². The Balaban J connectivity index is 0.000000191. The highest BCUT2D eigenvalue weighted by atomic mass is 79.9. The second kappa shape index (κ2) is 6.93. The summed E-state index contributed by atoms with van der Waals surface area (Å²) in [6.07, 6.45) is 0. The lowest BCUT2D eigenvalue weighted by molar-refractivity contribution is 0.631. The van der Waals surface area contributed by atoms with Crippen molar-refractivity contribution in [3.8, 4) is 0 Å². The van der Waals surface area contributed by atoms with Gasteiger partial charge in [-0.2, -0.15) is 0 Å². The van der Waals surface area contributed by atoms with Crippen LogP contribution < -0.4 is 11.5 Å². The zero-order chi connectivity index (χ0) is 14.6. The smallest absolute Gasteiger partial charge is 0.147 e. The lowest BCUT2D eigenvalue weighted by Crippen LogP contribution is -1.89. The summed E-state index contributed by atoms with van der Waals surface area (Å²) in [5.41, 5.74) is 10.5. The summed E-state index contributed by atoms with van der Waals surface area (Å²) < 4.78 is 25.4. The van der Waals surface area contributed by atoms with E-state index in [0.717, 1.165) is 0 Å². The van der Waals surface area contributed by atoms with E-state index in [4.69, 9.17) is 34.7 Å². The minimum atomic E-state index is -0.462. The van der Waals surface area contributed by atoms with Gasteiger partial charge >= 0.3 is 0 Å². The molecular formula is C12H9BrCl2F2N2. The van der Waals surface area contributed by atoms with E-state index >= 15 is 0 Å². The van der Waals surface area contributed by atoms with E-state index in [1.165, 1.54) is 30.3 Å². The second-order valence-electron chi connectivity index (χ2n) is 3.45. The van der Waals surface area contributed by atoms with Crippen LogP contribution in [-0.2, 0) is 0 Å². The third-order valence-corrected chi connectivity index (χ3v) is 3.43. The van der Waals surface area contributed by atoms with Crippen molar-refractivity contribution in [3.05, 3.63) is 56.5 Å². The van der Waals surface area contributed by atoms with Gasteiger partial charge in [-0.1, -0.05) is 23.2 Å². The molecule has 4 N–H and O–H groups in total. The fraction of sp³-hybridized carbons (Fsp3) is 0. The Kier molecular flexibility index (Phi) is 5.85. The van der Waals surface area contributed by atoms with Crippen molar-refractivity contribution in [2.75, 3.05) is 11.5 Å². The molecule has 0 atom stereocenters. The maximum absolute atomic E-state index is 12.5. The summed E-state index contributed by atoms with van der Waals surface area (Å²) in [5.74, 6) is -0.893. The van der Waals surface area contributed by atoms with Crippen LogP contribution >= 0.6 is 39.1 Å². The number of nitrogens with two attached hydrogens (primary N) is 2. The monoisotopic (exact) mass is 368 g/mol. The zero-order valence-electron chi connectivity index (χ0n) is 9.43. The molecule has 0 spiro atoms. The zero-order valence-corrected chi connectivity index (χ0v) is 12.5. The molecule has 0 heterocycles. The Morgan fingerprint density at radius 1 is 0.895 bits per heavy atom. The summed E-state index contributed by atoms with van der Waals surface area (Å²) in [5, 5.41) is 0.868. The minimum absolute atomic E-state index is 0.0631. The third kappa shape index (κ3) is 4.86. The van der Waals surface area contributed by atoms with Gasteiger partial charge in [0.2, 0.25) is 0 Å². The van der Waals surface area contributed by atoms with E-state index in [1.54, 1.807) is 0 Å². The number of hydrogen-bond acceptors (Lipinski definition) is 2. The van der Waals surface area contributed by atoms with Crippen LogP contribution in [0.5, 0.6) is 0 Å². The SMILES string of the molecule is Nc1cc(Cl)c(Br)cc1F.Nc1cc(Cl)ccc1F. The molecule has 2 aromatic carbocycles. The molecule has 0 fully saturated rings. The van der Waals surface area contributed by atoms with Gasteiger partial charge in [0.05, 0.1) is 16.4 Å². The van der Waals surface area contributed by atoms with E-state index in [-0.39, 0.29) is 11.4 Å². The van der Waals surface area contributed by atoms with Crippen molar-refractivity contribution >= 4 is 50.5 Å². The summed E-state index contributed by atoms with van der Waals surface area (Å²) in [6, 6.07) is 6.65. The summed E-state index contributed by atoms with van der Waals surface area (Å²) >= 11 is 14.1. The Labute approximate surface area is 127 Å². The van der Waals surface area contributed by atoms with Crippen LogP contribution in [0.2, 0.25) is 10.0 Å². The highest BCUT2D eigenvalue weighted by Crippen LogP contribution is 2.26. The number of nitrogen functional groups attached to an aromatic ring is 2. The van der Waals surface area contributed by atoms with Gasteiger partial charge < -0.3 is 11.5 Å². The normalized spacial score (nSPS) is 9.74. The molecule has 102 valence electrons. The van der Waals surface area contributed by atoms with Crippen LogP contribution in [-0.4, -0.2) is 0 Å². The largest absolute Gasteiger partial charge is 0.396 e. The standard InChI is InChI=1S/C6H4BrClFN.C6H5ClFN/c7-3-1-5(9)6(10)2-4(3)8;7-4-1-2-5(8)6(9)3-4/h1-2H,10H2;1-3H,9H2. The molecule has 0 saturated heterocycles. The highest BCUT2D eigenvalue weighted by Gasteiger charge is 2.02. The average molecular weight is 370 g/mol. The van der Waals surface area contributed by atoms with Crippen LogP contribution in [0.3, 0.4) is 0 Å². The Hall–Kier alpha value is -1.04. The molecule has 0 aliphatic rings. The Morgan fingerprint density at radius 3 is 1.95 bits per heavy atom. The third-order valence-electron chi connectivity index (χ3n) is 2.00. The fourth-order valence-corrected chi connectivity index (χ4v) is 1.72. The molecule has 7 heteroatoms. The maximum atomic E-state index is 12.5. The topological polar surface area (TPSA) is 52.0 Å². The first-order valence-corrected chi connectivity index (χ1v) is 6.46. The Morgan fingerprint density at radius 2 is 1.47 bits per heavy atom. The fourth-order valence-electron chi connectivity index (χ4n) is 1.05. The molecule has 2 nitrogen and oxygen atoms in total. The van der Waals surface area contributed by atoms with Gasteiger partial charge in [-0.25, -0.2) is 8.78 Å². The van der Waals surface area contributed by atoms with Crippen LogP contribution in [0, 0.1) is 11.6 Å².